The van der Waals surface area contributed by atoms with Crippen LogP contribution in [0.15, 0.2) is 11.6 Å². The summed E-state index contributed by atoms with van der Waals surface area (Å²) in [5.74, 6) is -0.519. The van der Waals surface area contributed by atoms with Gasteiger partial charge in [-0.1, -0.05) is 44.8 Å². The maximum absolute atomic E-state index is 15.0. The van der Waals surface area contributed by atoms with Crippen LogP contribution in [0.5, 0.6) is 0 Å². The highest BCUT2D eigenvalue weighted by Gasteiger charge is 2.53. The van der Waals surface area contributed by atoms with E-state index in [4.69, 9.17) is 4.74 Å². The molecule has 2 saturated carbocycles. The minimum Gasteiger partial charge on any atom is -0.375 e. The van der Waals surface area contributed by atoms with Gasteiger partial charge in [-0.05, 0) is 56.8 Å². The number of hydrogen-bond acceptors (Lipinski definition) is 1. The zero-order valence-electron chi connectivity index (χ0n) is 17.0. The van der Waals surface area contributed by atoms with Crippen molar-refractivity contribution in [2.75, 3.05) is 6.61 Å². The van der Waals surface area contributed by atoms with Gasteiger partial charge in [0.05, 0.1) is 6.10 Å². The van der Waals surface area contributed by atoms with Crippen LogP contribution in [0.2, 0.25) is 0 Å². The van der Waals surface area contributed by atoms with Crippen LogP contribution in [0.4, 0.5) is 13.2 Å². The molecule has 27 heavy (non-hydrogen) atoms. The van der Waals surface area contributed by atoms with Crippen LogP contribution < -0.4 is 0 Å². The molecular formula is C23H37F3O. The predicted molar refractivity (Wildman–Crippen MR) is 104 cm³/mol. The van der Waals surface area contributed by atoms with Crippen LogP contribution >= 0.6 is 0 Å². The molecule has 1 nitrogen and oxygen atoms in total. The molecule has 0 bridgehead atoms. The van der Waals surface area contributed by atoms with E-state index >= 15 is 8.78 Å². The van der Waals surface area contributed by atoms with Gasteiger partial charge in [-0.2, -0.15) is 0 Å². The summed E-state index contributed by atoms with van der Waals surface area (Å²) in [6.45, 7) is 4.77. The summed E-state index contributed by atoms with van der Waals surface area (Å²) in [5, 5.41) is 0. The number of alkyl halides is 3. The Morgan fingerprint density at radius 2 is 1.81 bits per heavy atom. The fraction of sp³-hybridized carbons (Fsp3) is 0.913. The van der Waals surface area contributed by atoms with Gasteiger partial charge in [-0.25, -0.2) is 13.2 Å². The molecule has 0 aliphatic heterocycles. The van der Waals surface area contributed by atoms with Crippen LogP contribution in [-0.2, 0) is 4.74 Å². The van der Waals surface area contributed by atoms with E-state index in [1.807, 2.05) is 0 Å². The number of rotatable bonds is 7. The number of ether oxygens (including phenoxy) is 1. The number of halogens is 3. The van der Waals surface area contributed by atoms with E-state index in [0.717, 1.165) is 44.1 Å². The molecule has 8 atom stereocenters. The summed E-state index contributed by atoms with van der Waals surface area (Å²) >= 11 is 0. The fourth-order valence-corrected chi connectivity index (χ4v) is 5.67. The lowest BCUT2D eigenvalue weighted by molar-refractivity contribution is -0.120. The van der Waals surface area contributed by atoms with Gasteiger partial charge in [-0.3, -0.25) is 0 Å². The van der Waals surface area contributed by atoms with Crippen LogP contribution in [0.3, 0.4) is 0 Å². The highest BCUT2D eigenvalue weighted by Crippen LogP contribution is 2.50. The number of hydrogen-bond donors (Lipinski definition) is 0. The summed E-state index contributed by atoms with van der Waals surface area (Å²) in [6.07, 6.45) is 6.25. The van der Waals surface area contributed by atoms with Crippen molar-refractivity contribution in [1.29, 1.82) is 0 Å². The molecule has 0 saturated heterocycles. The summed E-state index contributed by atoms with van der Waals surface area (Å²) in [6, 6.07) is 0. The Morgan fingerprint density at radius 1 is 1.00 bits per heavy atom. The molecule has 0 spiro atoms. The Kier molecular flexibility index (Phi) is 7.70. The van der Waals surface area contributed by atoms with Gasteiger partial charge in [-0.15, -0.1) is 0 Å². The number of unbranched alkanes of at least 4 members (excludes halogenated alkanes) is 1. The van der Waals surface area contributed by atoms with E-state index in [9.17, 15) is 4.39 Å². The minimum atomic E-state index is -1.70. The molecule has 0 aromatic rings. The highest BCUT2D eigenvalue weighted by molar-refractivity contribution is 5.17. The lowest BCUT2D eigenvalue weighted by atomic mass is 9.62. The summed E-state index contributed by atoms with van der Waals surface area (Å²) in [4.78, 5) is 0. The molecule has 0 N–H and O–H groups in total. The van der Waals surface area contributed by atoms with Gasteiger partial charge in [0.15, 0.2) is 0 Å². The molecule has 0 radical (unpaired) electrons. The van der Waals surface area contributed by atoms with E-state index in [1.54, 1.807) is 0 Å². The first-order valence-corrected chi connectivity index (χ1v) is 11.3. The normalized spacial score (nSPS) is 42.5. The molecule has 3 aliphatic rings. The monoisotopic (exact) mass is 386 g/mol. The molecule has 156 valence electrons. The summed E-state index contributed by atoms with van der Waals surface area (Å²) in [7, 11) is 0. The topological polar surface area (TPSA) is 9.23 Å². The van der Waals surface area contributed by atoms with E-state index in [1.165, 1.54) is 12.8 Å². The van der Waals surface area contributed by atoms with Gasteiger partial charge in [0, 0.05) is 18.4 Å². The van der Waals surface area contributed by atoms with Crippen molar-refractivity contribution in [3.05, 3.63) is 11.6 Å². The molecular weight excluding hydrogens is 349 g/mol. The maximum Gasteiger partial charge on any atom is 0.138 e. The van der Waals surface area contributed by atoms with Gasteiger partial charge < -0.3 is 4.74 Å². The molecule has 0 aromatic heterocycles. The lowest BCUT2D eigenvalue weighted by Gasteiger charge is -2.48. The Morgan fingerprint density at radius 3 is 2.48 bits per heavy atom. The van der Waals surface area contributed by atoms with Crippen molar-refractivity contribution < 1.29 is 17.9 Å². The number of fused-ring (bicyclic) bond motifs is 1. The summed E-state index contributed by atoms with van der Waals surface area (Å²) in [5.41, 5.74) is 1.10. The molecule has 3 aliphatic carbocycles. The Labute approximate surface area is 163 Å². The molecule has 0 amide bonds. The van der Waals surface area contributed by atoms with Gasteiger partial charge in [0.2, 0.25) is 0 Å². The largest absolute Gasteiger partial charge is 0.375 e. The van der Waals surface area contributed by atoms with Crippen molar-refractivity contribution in [2.45, 2.75) is 103 Å². The van der Waals surface area contributed by atoms with E-state index < -0.39 is 30.5 Å². The zero-order valence-corrected chi connectivity index (χ0v) is 17.0. The second-order valence-corrected chi connectivity index (χ2v) is 9.06. The van der Waals surface area contributed by atoms with Crippen molar-refractivity contribution >= 4 is 0 Å². The van der Waals surface area contributed by atoms with Crippen LogP contribution in [0, 0.1) is 23.7 Å². The fourth-order valence-electron chi connectivity index (χ4n) is 5.67. The van der Waals surface area contributed by atoms with Crippen molar-refractivity contribution in [2.24, 2.45) is 23.7 Å². The molecule has 3 rings (SSSR count). The smallest absolute Gasteiger partial charge is 0.138 e. The lowest BCUT2D eigenvalue weighted by Crippen LogP contribution is -2.53. The van der Waals surface area contributed by atoms with Crippen molar-refractivity contribution in [3.63, 3.8) is 0 Å². The van der Waals surface area contributed by atoms with E-state index in [2.05, 4.69) is 19.9 Å². The van der Waals surface area contributed by atoms with Gasteiger partial charge in [0.1, 0.15) is 18.5 Å². The minimum absolute atomic E-state index is 0.0488. The zero-order chi connectivity index (χ0) is 19.4. The van der Waals surface area contributed by atoms with Crippen molar-refractivity contribution in [1.82, 2.24) is 0 Å². The van der Waals surface area contributed by atoms with Crippen LogP contribution in [-0.4, -0.2) is 31.2 Å². The third-order valence-corrected chi connectivity index (χ3v) is 7.26. The SMILES string of the molecule is CCCCOC1CCC2CC(C3=CCC(CCC)CC3)C(F)C(F)C2C1F. The Balaban J connectivity index is 1.63. The average Bonchev–Trinajstić information content (AvgIpc) is 2.67. The molecule has 8 unspecified atom stereocenters. The third kappa shape index (κ3) is 4.74. The van der Waals surface area contributed by atoms with Crippen LogP contribution in [0.25, 0.3) is 0 Å². The first-order valence-electron chi connectivity index (χ1n) is 11.3. The molecule has 0 heterocycles. The van der Waals surface area contributed by atoms with Crippen LogP contribution in [0.1, 0.15) is 78.1 Å². The van der Waals surface area contributed by atoms with Gasteiger partial charge in [0.25, 0.3) is 0 Å². The molecule has 2 fully saturated rings. The quantitative estimate of drug-likeness (QED) is 0.347. The predicted octanol–water partition coefficient (Wildman–Crippen LogP) is 6.76. The Bertz CT molecular complexity index is 492. The van der Waals surface area contributed by atoms with E-state index in [-0.39, 0.29) is 11.8 Å². The first-order chi connectivity index (χ1) is 13.1. The van der Waals surface area contributed by atoms with Crippen molar-refractivity contribution in [3.8, 4) is 0 Å². The van der Waals surface area contributed by atoms with Gasteiger partial charge >= 0.3 is 0 Å². The molecule has 0 aromatic carbocycles. The second kappa shape index (κ2) is 9.80. The standard InChI is InChI=1S/C23H37F3O/c1-3-5-13-27-19-12-11-17-14-18(21(24)23(26)20(17)22(19)25)16-9-7-15(6-4-2)8-10-16/h9,15,17-23H,3-8,10-14H2,1-2H3. The molecule has 4 heteroatoms. The number of allylic oxidation sites excluding steroid dienone is 2. The first kappa shape index (κ1) is 21.2. The Hall–Kier alpha value is -0.510. The summed E-state index contributed by atoms with van der Waals surface area (Å²) < 4.78 is 50.7. The second-order valence-electron chi connectivity index (χ2n) is 9.06. The maximum atomic E-state index is 15.0. The highest BCUT2D eigenvalue weighted by atomic mass is 19.2. The van der Waals surface area contributed by atoms with E-state index in [0.29, 0.717) is 25.4 Å². The average molecular weight is 387 g/mol. The third-order valence-electron chi connectivity index (χ3n) is 7.26.